The highest BCUT2D eigenvalue weighted by Gasteiger charge is 2.60. The number of benzene rings is 3. The van der Waals surface area contributed by atoms with Gasteiger partial charge in [-0.1, -0.05) is 29.8 Å². The lowest BCUT2D eigenvalue weighted by atomic mass is 9.81. The van der Waals surface area contributed by atoms with Gasteiger partial charge in [0.1, 0.15) is 22.1 Å². The number of amides is 1. The molecule has 1 unspecified atom stereocenters. The number of halogens is 1. The molecular formula is C32H31ClN4O6S. The van der Waals surface area contributed by atoms with E-state index in [9.17, 15) is 8.42 Å². The Kier molecular flexibility index (Phi) is 7.87. The minimum absolute atomic E-state index is 0.0486. The van der Waals surface area contributed by atoms with Crippen LogP contribution < -0.4 is 23.4 Å². The predicted octanol–water partition coefficient (Wildman–Crippen LogP) is 4.56. The maximum Gasteiger partial charge on any atom is 0.274 e. The SMILES string of the molecule is COc1ccc(S(=O)(=O)N2C(=O)C(c3ccccc3OC)(N3CCN(c4cccnc4)CC3)c3cc(Cl)ccc32)c(OC)c1. The zero-order valence-electron chi connectivity index (χ0n) is 24.4. The molecule has 0 N–H and O–H groups in total. The lowest BCUT2D eigenvalue weighted by Crippen LogP contribution is -2.60. The number of fused-ring (bicyclic) bond motifs is 1. The third-order valence-electron chi connectivity index (χ3n) is 8.21. The van der Waals surface area contributed by atoms with Gasteiger partial charge in [0, 0.05) is 54.6 Å². The Morgan fingerprint density at radius 1 is 0.818 bits per heavy atom. The van der Waals surface area contributed by atoms with Gasteiger partial charge >= 0.3 is 0 Å². The number of methoxy groups -OCH3 is 3. The number of aromatic nitrogens is 1. The van der Waals surface area contributed by atoms with Crippen molar-refractivity contribution in [2.75, 3.05) is 56.7 Å². The molecule has 2 aliphatic heterocycles. The zero-order chi connectivity index (χ0) is 31.1. The van der Waals surface area contributed by atoms with Gasteiger partial charge in [-0.2, -0.15) is 0 Å². The molecule has 10 nitrogen and oxygen atoms in total. The average Bonchev–Trinajstić information content (AvgIpc) is 3.32. The molecule has 44 heavy (non-hydrogen) atoms. The summed E-state index contributed by atoms with van der Waals surface area (Å²) in [5.41, 5.74) is 0.574. The first-order valence-corrected chi connectivity index (χ1v) is 15.7. The highest BCUT2D eigenvalue weighted by Crippen LogP contribution is 2.53. The molecule has 1 amide bonds. The number of sulfonamides is 1. The molecule has 228 valence electrons. The first-order chi connectivity index (χ1) is 21.3. The summed E-state index contributed by atoms with van der Waals surface area (Å²) in [6.45, 7) is 2.02. The molecule has 6 rings (SSSR count). The molecule has 4 aromatic rings. The van der Waals surface area contributed by atoms with Gasteiger partial charge in [0.2, 0.25) is 0 Å². The number of anilines is 2. The summed E-state index contributed by atoms with van der Waals surface area (Å²) in [4.78, 5) is 23.5. The van der Waals surface area contributed by atoms with Gasteiger partial charge in [-0.3, -0.25) is 14.7 Å². The Labute approximate surface area is 261 Å². The quantitative estimate of drug-likeness (QED) is 0.276. The molecule has 2 aliphatic rings. The van der Waals surface area contributed by atoms with Crippen molar-refractivity contribution in [3.05, 3.63) is 101 Å². The largest absolute Gasteiger partial charge is 0.497 e. The molecule has 1 aromatic heterocycles. The summed E-state index contributed by atoms with van der Waals surface area (Å²) in [6, 6.07) is 20.3. The van der Waals surface area contributed by atoms with Gasteiger partial charge < -0.3 is 19.1 Å². The van der Waals surface area contributed by atoms with Crippen LogP contribution in [0, 0.1) is 0 Å². The minimum atomic E-state index is -4.50. The van der Waals surface area contributed by atoms with Gasteiger partial charge in [0.25, 0.3) is 15.9 Å². The number of carbonyl (C=O) groups excluding carboxylic acids is 1. The van der Waals surface area contributed by atoms with E-state index in [-0.39, 0.29) is 16.3 Å². The second-order valence-electron chi connectivity index (χ2n) is 10.3. The minimum Gasteiger partial charge on any atom is -0.497 e. The smallest absolute Gasteiger partial charge is 0.274 e. The van der Waals surface area contributed by atoms with Gasteiger partial charge in [-0.05, 0) is 48.5 Å². The van der Waals surface area contributed by atoms with Crippen LogP contribution in [0.5, 0.6) is 17.2 Å². The van der Waals surface area contributed by atoms with E-state index >= 15 is 4.79 Å². The summed E-state index contributed by atoms with van der Waals surface area (Å²) >= 11 is 6.58. The standard InChI is InChI=1S/C32H31ClN4O6S/c1-41-24-11-13-30(29(20-24)43-3)44(39,40)37-27-12-10-22(33)19-26(27)32(31(37)38,25-8-4-5-9-28(25)42-2)36-17-15-35(16-18-36)23-7-6-14-34-21-23/h4-14,19-21H,15-18H2,1-3H3. The van der Waals surface area contributed by atoms with Crippen molar-refractivity contribution in [2.24, 2.45) is 0 Å². The second kappa shape index (κ2) is 11.6. The number of rotatable bonds is 8. The number of ether oxygens (including phenoxy) is 3. The maximum atomic E-state index is 15.2. The maximum absolute atomic E-state index is 15.2. The number of carbonyl (C=O) groups is 1. The van der Waals surface area contributed by atoms with E-state index in [1.807, 2.05) is 29.2 Å². The number of hydrogen-bond donors (Lipinski definition) is 0. The van der Waals surface area contributed by atoms with Crippen LogP contribution in [0.1, 0.15) is 11.1 Å². The summed E-state index contributed by atoms with van der Waals surface area (Å²) < 4.78 is 46.5. The molecule has 0 spiro atoms. The van der Waals surface area contributed by atoms with Crippen LogP contribution in [-0.2, 0) is 20.4 Å². The highest BCUT2D eigenvalue weighted by atomic mass is 35.5. The molecule has 1 atom stereocenters. The first kappa shape index (κ1) is 29.7. The normalized spacial score (nSPS) is 18.7. The molecule has 3 heterocycles. The monoisotopic (exact) mass is 634 g/mol. The number of piperazine rings is 1. The van der Waals surface area contributed by atoms with Crippen molar-refractivity contribution in [3.8, 4) is 17.2 Å². The summed E-state index contributed by atoms with van der Waals surface area (Å²) in [6.07, 6.45) is 3.53. The second-order valence-corrected chi connectivity index (χ2v) is 12.5. The van der Waals surface area contributed by atoms with Crippen LogP contribution in [0.3, 0.4) is 0 Å². The topological polar surface area (TPSA) is 102 Å². The van der Waals surface area contributed by atoms with Crippen molar-refractivity contribution in [3.63, 3.8) is 0 Å². The Morgan fingerprint density at radius 3 is 2.25 bits per heavy atom. The molecule has 0 radical (unpaired) electrons. The first-order valence-electron chi connectivity index (χ1n) is 13.9. The van der Waals surface area contributed by atoms with Crippen LogP contribution in [0.25, 0.3) is 0 Å². The van der Waals surface area contributed by atoms with Crippen molar-refractivity contribution >= 4 is 38.9 Å². The van der Waals surface area contributed by atoms with E-state index in [1.165, 1.54) is 39.5 Å². The lowest BCUT2D eigenvalue weighted by Gasteiger charge is -2.45. The van der Waals surface area contributed by atoms with Crippen LogP contribution in [0.2, 0.25) is 5.02 Å². The molecule has 3 aromatic carbocycles. The average molecular weight is 635 g/mol. The van der Waals surface area contributed by atoms with Crippen molar-refractivity contribution < 1.29 is 27.4 Å². The van der Waals surface area contributed by atoms with Crippen LogP contribution in [-0.4, -0.2) is 71.7 Å². The fourth-order valence-corrected chi connectivity index (χ4v) is 7.97. The van der Waals surface area contributed by atoms with Crippen molar-refractivity contribution in [1.82, 2.24) is 9.88 Å². The number of hydrogen-bond acceptors (Lipinski definition) is 9. The molecule has 1 fully saturated rings. The predicted molar refractivity (Wildman–Crippen MR) is 167 cm³/mol. The van der Waals surface area contributed by atoms with Gasteiger partial charge in [0.05, 0.1) is 38.9 Å². The summed E-state index contributed by atoms with van der Waals surface area (Å²) in [5, 5.41) is 0.367. The summed E-state index contributed by atoms with van der Waals surface area (Å²) in [7, 11) is -0.125. The molecule has 1 saturated heterocycles. The van der Waals surface area contributed by atoms with Crippen molar-refractivity contribution in [1.29, 1.82) is 0 Å². The zero-order valence-corrected chi connectivity index (χ0v) is 26.0. The summed E-state index contributed by atoms with van der Waals surface area (Å²) in [5.74, 6) is 0.248. The molecule has 0 aliphatic carbocycles. The Hall–Kier alpha value is -4.32. The van der Waals surface area contributed by atoms with Gasteiger partial charge in [0.15, 0.2) is 5.54 Å². The molecule has 0 bridgehead atoms. The third kappa shape index (κ3) is 4.63. The van der Waals surface area contributed by atoms with Crippen LogP contribution >= 0.6 is 11.6 Å². The van der Waals surface area contributed by atoms with E-state index in [4.69, 9.17) is 25.8 Å². The van der Waals surface area contributed by atoms with Crippen LogP contribution in [0.15, 0.2) is 90.1 Å². The van der Waals surface area contributed by atoms with E-state index in [1.54, 1.807) is 42.7 Å². The number of nitrogens with zero attached hydrogens (tertiary/aromatic N) is 4. The number of pyridine rings is 1. The fourth-order valence-electron chi connectivity index (χ4n) is 6.19. The fraction of sp³-hybridized carbons (Fsp3) is 0.250. The van der Waals surface area contributed by atoms with E-state index in [0.29, 0.717) is 53.8 Å². The van der Waals surface area contributed by atoms with E-state index in [0.717, 1.165) is 9.99 Å². The number of para-hydroxylation sites is 1. The molecule has 0 saturated carbocycles. The van der Waals surface area contributed by atoms with Gasteiger partial charge in [-0.15, -0.1) is 0 Å². The third-order valence-corrected chi connectivity index (χ3v) is 10.2. The molecular weight excluding hydrogens is 604 g/mol. The Bertz CT molecular complexity index is 1810. The Morgan fingerprint density at radius 2 is 1.57 bits per heavy atom. The van der Waals surface area contributed by atoms with Gasteiger partial charge in [-0.25, -0.2) is 12.7 Å². The van der Waals surface area contributed by atoms with E-state index in [2.05, 4.69) is 9.88 Å². The molecule has 12 heteroatoms. The van der Waals surface area contributed by atoms with E-state index < -0.39 is 21.5 Å². The highest BCUT2D eigenvalue weighted by molar-refractivity contribution is 7.93. The Balaban J connectivity index is 1.55. The van der Waals surface area contributed by atoms with Crippen molar-refractivity contribution in [2.45, 2.75) is 10.4 Å². The lowest BCUT2D eigenvalue weighted by molar-refractivity contribution is -0.127. The van der Waals surface area contributed by atoms with Crippen LogP contribution in [0.4, 0.5) is 11.4 Å².